The lowest BCUT2D eigenvalue weighted by Crippen LogP contribution is -2.37. The van der Waals surface area contributed by atoms with Gasteiger partial charge in [0.25, 0.3) is 0 Å². The maximum absolute atomic E-state index is 9.21. The van der Waals surface area contributed by atoms with E-state index in [1.165, 1.54) is 24.1 Å². The number of anilines is 1. The van der Waals surface area contributed by atoms with Crippen LogP contribution in [0.15, 0.2) is 18.2 Å². The molecular weight excluding hydrogens is 238 g/mol. The molecule has 0 amide bonds. The third-order valence-corrected chi connectivity index (χ3v) is 4.09. The monoisotopic (exact) mass is 263 g/mol. The SMILES string of the molecule is COCCN(c1ccc(CO)cc1C)C(C)C1CC1. The zero-order chi connectivity index (χ0) is 13.8. The molecule has 1 aromatic rings. The zero-order valence-electron chi connectivity index (χ0n) is 12.2. The van der Waals surface area contributed by atoms with Gasteiger partial charge >= 0.3 is 0 Å². The fraction of sp³-hybridized carbons (Fsp3) is 0.625. The Bertz CT molecular complexity index is 415. The molecule has 0 radical (unpaired) electrons. The molecule has 1 atom stereocenters. The van der Waals surface area contributed by atoms with Crippen LogP contribution >= 0.6 is 0 Å². The van der Waals surface area contributed by atoms with Crippen molar-refractivity contribution in [2.24, 2.45) is 5.92 Å². The van der Waals surface area contributed by atoms with Crippen molar-refractivity contribution in [3.63, 3.8) is 0 Å². The van der Waals surface area contributed by atoms with Crippen molar-refractivity contribution in [2.45, 2.75) is 39.3 Å². The van der Waals surface area contributed by atoms with Gasteiger partial charge in [-0.25, -0.2) is 0 Å². The molecule has 0 heterocycles. The first-order valence-corrected chi connectivity index (χ1v) is 7.13. The van der Waals surface area contributed by atoms with Gasteiger partial charge in [0.2, 0.25) is 0 Å². The maximum Gasteiger partial charge on any atom is 0.0681 e. The Hall–Kier alpha value is -1.06. The number of ether oxygens (including phenoxy) is 1. The lowest BCUT2D eigenvalue weighted by Gasteiger charge is -2.33. The predicted octanol–water partition coefficient (Wildman–Crippen LogP) is 2.74. The highest BCUT2D eigenvalue weighted by Gasteiger charge is 2.32. The van der Waals surface area contributed by atoms with Crippen LogP contribution in [-0.4, -0.2) is 31.4 Å². The molecule has 19 heavy (non-hydrogen) atoms. The average molecular weight is 263 g/mol. The van der Waals surface area contributed by atoms with E-state index in [1.54, 1.807) is 7.11 Å². The van der Waals surface area contributed by atoms with Crippen molar-refractivity contribution >= 4 is 5.69 Å². The van der Waals surface area contributed by atoms with Gasteiger partial charge in [-0.05, 0) is 49.8 Å². The summed E-state index contributed by atoms with van der Waals surface area (Å²) in [6.45, 7) is 6.21. The van der Waals surface area contributed by atoms with Crippen LogP contribution in [0.4, 0.5) is 5.69 Å². The lowest BCUT2D eigenvalue weighted by atomic mass is 10.1. The van der Waals surface area contributed by atoms with Crippen LogP contribution in [0, 0.1) is 12.8 Å². The van der Waals surface area contributed by atoms with E-state index in [2.05, 4.69) is 30.9 Å². The van der Waals surface area contributed by atoms with Gasteiger partial charge in [-0.2, -0.15) is 0 Å². The van der Waals surface area contributed by atoms with Crippen molar-refractivity contribution in [2.75, 3.05) is 25.2 Å². The number of benzene rings is 1. The summed E-state index contributed by atoms with van der Waals surface area (Å²) in [6, 6.07) is 6.79. The molecule has 1 fully saturated rings. The second kappa shape index (κ2) is 6.40. The van der Waals surface area contributed by atoms with E-state index in [9.17, 15) is 5.11 Å². The van der Waals surface area contributed by atoms with Crippen LogP contribution < -0.4 is 4.90 Å². The van der Waals surface area contributed by atoms with E-state index in [0.717, 1.165) is 24.6 Å². The van der Waals surface area contributed by atoms with Gasteiger partial charge in [-0.3, -0.25) is 0 Å². The number of methoxy groups -OCH3 is 1. The summed E-state index contributed by atoms with van der Waals surface area (Å²) in [7, 11) is 1.75. The van der Waals surface area contributed by atoms with E-state index < -0.39 is 0 Å². The van der Waals surface area contributed by atoms with Gasteiger partial charge in [0.1, 0.15) is 0 Å². The average Bonchev–Trinajstić information content (AvgIpc) is 3.24. The van der Waals surface area contributed by atoms with Crippen molar-refractivity contribution in [3.8, 4) is 0 Å². The maximum atomic E-state index is 9.21. The summed E-state index contributed by atoms with van der Waals surface area (Å²) in [5.74, 6) is 0.828. The Morgan fingerprint density at radius 1 is 1.42 bits per heavy atom. The highest BCUT2D eigenvalue weighted by Crippen LogP contribution is 2.37. The van der Waals surface area contributed by atoms with Gasteiger partial charge in [0.15, 0.2) is 0 Å². The van der Waals surface area contributed by atoms with E-state index in [0.29, 0.717) is 6.04 Å². The van der Waals surface area contributed by atoms with E-state index in [4.69, 9.17) is 4.74 Å². The Balaban J connectivity index is 2.20. The Morgan fingerprint density at radius 3 is 2.68 bits per heavy atom. The van der Waals surface area contributed by atoms with Crippen molar-refractivity contribution in [1.29, 1.82) is 0 Å². The first-order chi connectivity index (χ1) is 9.17. The molecule has 3 heteroatoms. The number of aryl methyl sites for hydroxylation is 1. The molecule has 0 spiro atoms. The predicted molar refractivity (Wildman–Crippen MR) is 78.5 cm³/mol. The summed E-state index contributed by atoms with van der Waals surface area (Å²) < 4.78 is 5.25. The van der Waals surface area contributed by atoms with E-state index in [-0.39, 0.29) is 6.61 Å². The van der Waals surface area contributed by atoms with Crippen LogP contribution in [0.3, 0.4) is 0 Å². The van der Waals surface area contributed by atoms with Gasteiger partial charge in [0, 0.05) is 25.4 Å². The number of nitrogens with zero attached hydrogens (tertiary/aromatic N) is 1. The van der Waals surface area contributed by atoms with Crippen LogP contribution in [0.1, 0.15) is 30.9 Å². The lowest BCUT2D eigenvalue weighted by molar-refractivity contribution is 0.202. The molecule has 1 unspecified atom stereocenters. The molecular formula is C16H25NO2. The molecule has 1 aromatic carbocycles. The van der Waals surface area contributed by atoms with Gasteiger partial charge in [-0.1, -0.05) is 12.1 Å². The third kappa shape index (κ3) is 3.48. The number of aliphatic hydroxyl groups is 1. The molecule has 3 nitrogen and oxygen atoms in total. The second-order valence-corrected chi connectivity index (χ2v) is 5.54. The van der Waals surface area contributed by atoms with Crippen LogP contribution in [-0.2, 0) is 11.3 Å². The molecule has 0 aromatic heterocycles. The molecule has 1 N–H and O–H groups in total. The highest BCUT2D eigenvalue weighted by molar-refractivity contribution is 5.55. The molecule has 1 saturated carbocycles. The standard InChI is InChI=1S/C16H25NO2/c1-12-10-14(11-18)4-7-16(12)17(8-9-19-3)13(2)15-5-6-15/h4,7,10,13,15,18H,5-6,8-9,11H2,1-3H3. The summed E-state index contributed by atoms with van der Waals surface area (Å²) in [5.41, 5.74) is 3.48. The fourth-order valence-electron chi connectivity index (χ4n) is 2.70. The number of hydrogen-bond donors (Lipinski definition) is 1. The highest BCUT2D eigenvalue weighted by atomic mass is 16.5. The van der Waals surface area contributed by atoms with Crippen LogP contribution in [0.2, 0.25) is 0 Å². The van der Waals surface area contributed by atoms with Gasteiger partial charge in [-0.15, -0.1) is 0 Å². The van der Waals surface area contributed by atoms with Gasteiger partial charge in [0.05, 0.1) is 13.2 Å². The molecule has 1 aliphatic carbocycles. The molecule has 2 rings (SSSR count). The van der Waals surface area contributed by atoms with E-state index in [1.807, 2.05) is 6.07 Å². The number of rotatable bonds is 7. The minimum absolute atomic E-state index is 0.109. The third-order valence-electron chi connectivity index (χ3n) is 4.09. The smallest absolute Gasteiger partial charge is 0.0681 e. The molecule has 1 aliphatic rings. The van der Waals surface area contributed by atoms with Gasteiger partial charge < -0.3 is 14.7 Å². The Morgan fingerprint density at radius 2 is 2.16 bits per heavy atom. The Kier molecular flexibility index (Phi) is 4.83. The normalized spacial score (nSPS) is 16.4. The summed E-state index contributed by atoms with van der Waals surface area (Å²) in [6.07, 6.45) is 2.69. The van der Waals surface area contributed by atoms with Crippen LogP contribution in [0.25, 0.3) is 0 Å². The molecule has 0 aliphatic heterocycles. The zero-order valence-corrected chi connectivity index (χ0v) is 12.2. The van der Waals surface area contributed by atoms with Crippen molar-refractivity contribution in [3.05, 3.63) is 29.3 Å². The molecule has 106 valence electrons. The van der Waals surface area contributed by atoms with Crippen LogP contribution in [0.5, 0.6) is 0 Å². The number of aliphatic hydroxyl groups excluding tert-OH is 1. The first kappa shape index (κ1) is 14.4. The summed E-state index contributed by atoms with van der Waals surface area (Å²) in [4.78, 5) is 2.46. The largest absolute Gasteiger partial charge is 0.392 e. The molecule has 0 bridgehead atoms. The Labute approximate surface area is 116 Å². The van der Waals surface area contributed by atoms with Crippen molar-refractivity contribution in [1.82, 2.24) is 0 Å². The minimum atomic E-state index is 0.109. The summed E-state index contributed by atoms with van der Waals surface area (Å²) >= 11 is 0. The fourth-order valence-corrected chi connectivity index (χ4v) is 2.70. The second-order valence-electron chi connectivity index (χ2n) is 5.54. The number of hydrogen-bond acceptors (Lipinski definition) is 3. The van der Waals surface area contributed by atoms with Crippen molar-refractivity contribution < 1.29 is 9.84 Å². The summed E-state index contributed by atoms with van der Waals surface area (Å²) in [5, 5.41) is 9.21. The van der Waals surface area contributed by atoms with E-state index >= 15 is 0 Å². The topological polar surface area (TPSA) is 32.7 Å². The first-order valence-electron chi connectivity index (χ1n) is 7.13. The quantitative estimate of drug-likeness (QED) is 0.821. The molecule has 0 saturated heterocycles. The minimum Gasteiger partial charge on any atom is -0.392 e.